The van der Waals surface area contributed by atoms with Gasteiger partial charge in [0.2, 0.25) is 0 Å². The quantitative estimate of drug-likeness (QED) is 0.685. The number of nitrogen functional groups attached to an aromatic ring is 1. The van der Waals surface area contributed by atoms with Crippen LogP contribution < -0.4 is 10.6 Å². The molecule has 1 aromatic carbocycles. The first-order chi connectivity index (χ1) is 9.52. The Hall–Kier alpha value is -2.43. The van der Waals surface area contributed by atoms with E-state index in [1.54, 1.807) is 12.1 Å². The van der Waals surface area contributed by atoms with E-state index in [2.05, 4.69) is 0 Å². The Morgan fingerprint density at radius 3 is 2.70 bits per heavy atom. The lowest BCUT2D eigenvalue weighted by Crippen LogP contribution is -2.19. The van der Waals surface area contributed by atoms with Gasteiger partial charge < -0.3 is 19.8 Å². The number of anilines is 2. The molecule has 2 rings (SSSR count). The predicted octanol–water partition coefficient (Wildman–Crippen LogP) is 2.59. The van der Waals surface area contributed by atoms with Crippen molar-refractivity contribution in [2.45, 2.75) is 13.5 Å². The van der Waals surface area contributed by atoms with Crippen LogP contribution in [0.5, 0.6) is 0 Å². The van der Waals surface area contributed by atoms with Crippen LogP contribution >= 0.6 is 0 Å². The highest BCUT2D eigenvalue weighted by Gasteiger charge is 2.15. The van der Waals surface area contributed by atoms with Gasteiger partial charge in [-0.25, -0.2) is 4.79 Å². The molecule has 0 atom stereocenters. The summed E-state index contributed by atoms with van der Waals surface area (Å²) in [4.78, 5) is 13.6. The van der Waals surface area contributed by atoms with Crippen molar-refractivity contribution in [3.8, 4) is 0 Å². The third-order valence-electron chi connectivity index (χ3n) is 3.09. The molecule has 0 fully saturated rings. The number of furan rings is 1. The fourth-order valence-electron chi connectivity index (χ4n) is 2.06. The number of methoxy groups -OCH3 is 1. The predicted molar refractivity (Wildman–Crippen MR) is 77.7 cm³/mol. The molecular formula is C15H18N2O3. The Bertz CT molecular complexity index is 619. The van der Waals surface area contributed by atoms with Crippen LogP contribution in [0.15, 0.2) is 34.7 Å². The molecule has 0 radical (unpaired) electrons. The van der Waals surface area contributed by atoms with Crippen LogP contribution in [-0.2, 0) is 11.3 Å². The zero-order valence-electron chi connectivity index (χ0n) is 11.8. The van der Waals surface area contributed by atoms with Crippen molar-refractivity contribution >= 4 is 17.3 Å². The summed E-state index contributed by atoms with van der Waals surface area (Å²) in [5.74, 6) is 1.27. The standard InChI is InChI=1S/C15H18N2O3/c1-10-7-8-11(20-10)9-17(2)13-6-4-5-12(14(13)16)15(18)19-3/h4-8H,9,16H2,1-3H3. The molecule has 0 aliphatic rings. The number of hydrogen-bond acceptors (Lipinski definition) is 5. The van der Waals surface area contributed by atoms with Gasteiger partial charge in [0.1, 0.15) is 11.5 Å². The number of esters is 1. The van der Waals surface area contributed by atoms with Crippen LogP contribution in [0.1, 0.15) is 21.9 Å². The van der Waals surface area contributed by atoms with Crippen LogP contribution in [0, 0.1) is 6.92 Å². The molecule has 0 aliphatic carbocycles. The largest absolute Gasteiger partial charge is 0.465 e. The van der Waals surface area contributed by atoms with Crippen LogP contribution in [0.3, 0.4) is 0 Å². The minimum Gasteiger partial charge on any atom is -0.465 e. The highest BCUT2D eigenvalue weighted by atomic mass is 16.5. The van der Waals surface area contributed by atoms with E-state index in [4.69, 9.17) is 14.9 Å². The van der Waals surface area contributed by atoms with E-state index in [1.807, 2.05) is 37.1 Å². The van der Waals surface area contributed by atoms with Gasteiger partial charge in [-0.2, -0.15) is 0 Å². The summed E-state index contributed by atoms with van der Waals surface area (Å²) in [6.45, 7) is 2.47. The number of rotatable bonds is 4. The summed E-state index contributed by atoms with van der Waals surface area (Å²) >= 11 is 0. The third-order valence-corrected chi connectivity index (χ3v) is 3.09. The first-order valence-electron chi connectivity index (χ1n) is 6.26. The normalized spacial score (nSPS) is 10.3. The summed E-state index contributed by atoms with van der Waals surface area (Å²) in [6, 6.07) is 9.12. The number of nitrogens with two attached hydrogens (primary N) is 1. The molecule has 5 nitrogen and oxygen atoms in total. The summed E-state index contributed by atoms with van der Waals surface area (Å²) in [6.07, 6.45) is 0. The number of benzene rings is 1. The highest BCUT2D eigenvalue weighted by molar-refractivity contribution is 5.98. The monoisotopic (exact) mass is 274 g/mol. The van der Waals surface area contributed by atoms with Crippen molar-refractivity contribution in [2.75, 3.05) is 24.8 Å². The third kappa shape index (κ3) is 2.77. The molecule has 0 bridgehead atoms. The van der Waals surface area contributed by atoms with E-state index < -0.39 is 5.97 Å². The van der Waals surface area contributed by atoms with Gasteiger partial charge in [-0.05, 0) is 31.2 Å². The second-order valence-electron chi connectivity index (χ2n) is 4.60. The lowest BCUT2D eigenvalue weighted by Gasteiger charge is -2.21. The number of para-hydroxylation sites is 1. The number of nitrogens with zero attached hydrogens (tertiary/aromatic N) is 1. The second-order valence-corrected chi connectivity index (χ2v) is 4.60. The molecule has 2 N–H and O–H groups in total. The van der Waals surface area contributed by atoms with Gasteiger partial charge in [0.25, 0.3) is 0 Å². The van der Waals surface area contributed by atoms with Crippen molar-refractivity contribution in [3.05, 3.63) is 47.4 Å². The van der Waals surface area contributed by atoms with E-state index in [9.17, 15) is 4.79 Å². The number of carbonyl (C=O) groups excluding carboxylic acids is 1. The van der Waals surface area contributed by atoms with E-state index >= 15 is 0 Å². The summed E-state index contributed by atoms with van der Waals surface area (Å²) in [5.41, 5.74) is 7.59. The number of hydrogen-bond donors (Lipinski definition) is 1. The molecule has 1 aromatic heterocycles. The molecule has 0 saturated heterocycles. The maximum absolute atomic E-state index is 11.6. The van der Waals surface area contributed by atoms with Gasteiger partial charge in [0.05, 0.1) is 30.6 Å². The lowest BCUT2D eigenvalue weighted by atomic mass is 10.1. The Labute approximate surface area is 117 Å². The Morgan fingerprint density at radius 1 is 1.35 bits per heavy atom. The summed E-state index contributed by atoms with van der Waals surface area (Å²) < 4.78 is 10.3. The molecule has 2 aromatic rings. The van der Waals surface area contributed by atoms with E-state index in [1.165, 1.54) is 7.11 Å². The Kier molecular flexibility index (Phi) is 3.98. The molecule has 0 aliphatic heterocycles. The summed E-state index contributed by atoms with van der Waals surface area (Å²) in [7, 11) is 3.23. The molecule has 1 heterocycles. The van der Waals surface area contributed by atoms with E-state index in [-0.39, 0.29) is 0 Å². The van der Waals surface area contributed by atoms with Crippen molar-refractivity contribution in [1.29, 1.82) is 0 Å². The zero-order valence-corrected chi connectivity index (χ0v) is 11.8. The summed E-state index contributed by atoms with van der Waals surface area (Å²) in [5, 5.41) is 0. The molecular weight excluding hydrogens is 256 g/mol. The van der Waals surface area contributed by atoms with Crippen LogP contribution in [0.25, 0.3) is 0 Å². The molecule has 0 spiro atoms. The number of aryl methyl sites for hydroxylation is 1. The molecule has 0 amide bonds. The van der Waals surface area contributed by atoms with E-state index in [0.717, 1.165) is 17.2 Å². The second kappa shape index (κ2) is 5.69. The first-order valence-corrected chi connectivity index (χ1v) is 6.26. The first kappa shape index (κ1) is 14.0. The lowest BCUT2D eigenvalue weighted by molar-refractivity contribution is 0.0602. The van der Waals surface area contributed by atoms with E-state index in [0.29, 0.717) is 17.8 Å². The molecule has 0 saturated carbocycles. The van der Waals surface area contributed by atoms with Crippen LogP contribution in [-0.4, -0.2) is 20.1 Å². The molecule has 106 valence electrons. The van der Waals surface area contributed by atoms with Gasteiger partial charge in [-0.3, -0.25) is 0 Å². The topological polar surface area (TPSA) is 68.7 Å². The van der Waals surface area contributed by atoms with Crippen molar-refractivity contribution in [2.24, 2.45) is 0 Å². The van der Waals surface area contributed by atoms with Gasteiger partial charge in [-0.15, -0.1) is 0 Å². The van der Waals surface area contributed by atoms with Crippen molar-refractivity contribution in [1.82, 2.24) is 0 Å². The van der Waals surface area contributed by atoms with Gasteiger partial charge in [-0.1, -0.05) is 6.07 Å². The SMILES string of the molecule is COC(=O)c1cccc(N(C)Cc2ccc(C)o2)c1N. The molecule has 5 heteroatoms. The van der Waals surface area contributed by atoms with Gasteiger partial charge in [0, 0.05) is 7.05 Å². The molecule has 0 unspecified atom stereocenters. The highest BCUT2D eigenvalue weighted by Crippen LogP contribution is 2.27. The van der Waals surface area contributed by atoms with Crippen molar-refractivity contribution < 1.29 is 13.9 Å². The van der Waals surface area contributed by atoms with Crippen molar-refractivity contribution in [3.63, 3.8) is 0 Å². The smallest absolute Gasteiger partial charge is 0.340 e. The van der Waals surface area contributed by atoms with Gasteiger partial charge >= 0.3 is 5.97 Å². The van der Waals surface area contributed by atoms with Crippen LogP contribution in [0.2, 0.25) is 0 Å². The molecule has 20 heavy (non-hydrogen) atoms. The maximum atomic E-state index is 11.6. The Morgan fingerprint density at radius 2 is 2.10 bits per heavy atom. The Balaban J connectivity index is 2.26. The van der Waals surface area contributed by atoms with Gasteiger partial charge in [0.15, 0.2) is 0 Å². The average molecular weight is 274 g/mol. The average Bonchev–Trinajstić information content (AvgIpc) is 2.83. The maximum Gasteiger partial charge on any atom is 0.340 e. The zero-order chi connectivity index (χ0) is 14.7. The fourth-order valence-corrected chi connectivity index (χ4v) is 2.06. The number of ether oxygens (including phenoxy) is 1. The van der Waals surface area contributed by atoms with Crippen LogP contribution in [0.4, 0.5) is 11.4 Å². The minimum atomic E-state index is -0.438. The fraction of sp³-hybridized carbons (Fsp3) is 0.267. The minimum absolute atomic E-state index is 0.368. The number of carbonyl (C=O) groups is 1.